The summed E-state index contributed by atoms with van der Waals surface area (Å²) in [6.45, 7) is 0.795. The highest BCUT2D eigenvalue weighted by molar-refractivity contribution is 7.09. The first kappa shape index (κ1) is 10.9. The maximum Gasteiger partial charge on any atom is 0.132 e. The number of aromatic nitrogens is 1. The molecule has 0 saturated heterocycles. The summed E-state index contributed by atoms with van der Waals surface area (Å²) in [5.41, 5.74) is 1.32. The summed E-state index contributed by atoms with van der Waals surface area (Å²) in [6, 6.07) is 7.44. The van der Waals surface area contributed by atoms with Gasteiger partial charge < -0.3 is 5.32 Å². The molecule has 1 heterocycles. The van der Waals surface area contributed by atoms with E-state index in [0.29, 0.717) is 11.6 Å². The van der Waals surface area contributed by atoms with E-state index in [1.54, 1.807) is 23.5 Å². The average Bonchev–Trinajstić information content (AvgIpc) is 3.06. The number of thiazole rings is 1. The fourth-order valence-electron chi connectivity index (χ4n) is 1.70. The molecule has 0 radical (unpaired) electrons. The second-order valence-electron chi connectivity index (χ2n) is 4.26. The van der Waals surface area contributed by atoms with Crippen LogP contribution in [0.1, 0.15) is 17.8 Å². The van der Waals surface area contributed by atoms with Gasteiger partial charge in [-0.15, -0.1) is 11.3 Å². The molecule has 1 N–H and O–H groups in total. The third-order valence-corrected chi connectivity index (χ3v) is 3.67. The molecule has 1 aliphatic carbocycles. The van der Waals surface area contributed by atoms with Gasteiger partial charge in [0, 0.05) is 23.5 Å². The Morgan fingerprint density at radius 1 is 1.35 bits per heavy atom. The Morgan fingerprint density at radius 3 is 2.94 bits per heavy atom. The van der Waals surface area contributed by atoms with E-state index in [4.69, 9.17) is 0 Å². The average molecular weight is 248 g/mol. The molecule has 2 nitrogen and oxygen atoms in total. The number of hydrogen-bond donors (Lipinski definition) is 1. The van der Waals surface area contributed by atoms with Crippen molar-refractivity contribution in [3.05, 3.63) is 40.5 Å². The summed E-state index contributed by atoms with van der Waals surface area (Å²) in [7, 11) is 0. The molecule has 0 atom stereocenters. The van der Waals surface area contributed by atoms with Crippen LogP contribution in [-0.4, -0.2) is 11.0 Å². The molecule has 0 spiro atoms. The van der Waals surface area contributed by atoms with Crippen molar-refractivity contribution in [1.82, 2.24) is 10.3 Å². The molecule has 0 bridgehead atoms. The van der Waals surface area contributed by atoms with Crippen molar-refractivity contribution in [2.45, 2.75) is 25.4 Å². The Balaban J connectivity index is 1.77. The van der Waals surface area contributed by atoms with Crippen LogP contribution in [0.5, 0.6) is 0 Å². The van der Waals surface area contributed by atoms with Crippen molar-refractivity contribution in [3.63, 3.8) is 0 Å². The van der Waals surface area contributed by atoms with Gasteiger partial charge in [0.25, 0.3) is 0 Å². The van der Waals surface area contributed by atoms with Crippen LogP contribution in [0.15, 0.2) is 29.6 Å². The van der Waals surface area contributed by atoms with E-state index < -0.39 is 0 Å². The molecule has 0 unspecified atom stereocenters. The summed E-state index contributed by atoms with van der Waals surface area (Å²) < 4.78 is 13.6. The lowest BCUT2D eigenvalue weighted by Crippen LogP contribution is -2.14. The van der Waals surface area contributed by atoms with Gasteiger partial charge in [0.1, 0.15) is 10.8 Å². The molecule has 2 aromatic rings. The molecular weight excluding hydrogens is 235 g/mol. The Labute approximate surface area is 104 Å². The Bertz CT molecular complexity index is 520. The molecule has 1 aliphatic rings. The second-order valence-corrected chi connectivity index (χ2v) is 5.20. The van der Waals surface area contributed by atoms with Gasteiger partial charge in [0.2, 0.25) is 0 Å². The van der Waals surface area contributed by atoms with Crippen molar-refractivity contribution in [1.29, 1.82) is 0 Å². The summed E-state index contributed by atoms with van der Waals surface area (Å²) in [6.07, 6.45) is 2.54. The van der Waals surface area contributed by atoms with E-state index in [9.17, 15) is 4.39 Å². The zero-order valence-electron chi connectivity index (χ0n) is 9.32. The van der Waals surface area contributed by atoms with Crippen molar-refractivity contribution in [2.75, 3.05) is 0 Å². The number of nitrogens with zero attached hydrogens (tertiary/aromatic N) is 1. The van der Waals surface area contributed by atoms with Crippen LogP contribution < -0.4 is 5.32 Å². The summed E-state index contributed by atoms with van der Waals surface area (Å²) in [5.74, 6) is -0.209. The van der Waals surface area contributed by atoms with Crippen LogP contribution in [0.3, 0.4) is 0 Å². The standard InChI is InChI=1S/C13H13FN2S/c14-11-4-2-1-3-10(11)12-8-17-13(16-12)7-15-9-5-6-9/h1-4,8-9,15H,5-7H2. The van der Waals surface area contributed by atoms with Gasteiger partial charge in [0.15, 0.2) is 0 Å². The van der Waals surface area contributed by atoms with E-state index in [0.717, 1.165) is 17.2 Å². The minimum absolute atomic E-state index is 0.209. The first-order valence-corrected chi connectivity index (χ1v) is 6.63. The lowest BCUT2D eigenvalue weighted by atomic mass is 10.2. The van der Waals surface area contributed by atoms with Crippen molar-refractivity contribution >= 4 is 11.3 Å². The normalized spacial score (nSPS) is 15.1. The van der Waals surface area contributed by atoms with Crippen molar-refractivity contribution < 1.29 is 4.39 Å². The molecule has 1 aromatic heterocycles. The lowest BCUT2D eigenvalue weighted by Gasteiger charge is -1.99. The summed E-state index contributed by atoms with van der Waals surface area (Å²) in [4.78, 5) is 4.46. The van der Waals surface area contributed by atoms with Gasteiger partial charge >= 0.3 is 0 Å². The SMILES string of the molecule is Fc1ccccc1-c1csc(CNC2CC2)n1. The second kappa shape index (κ2) is 4.55. The molecule has 1 saturated carbocycles. The molecule has 88 valence electrons. The van der Waals surface area contributed by atoms with Crippen molar-refractivity contribution in [2.24, 2.45) is 0 Å². The molecule has 4 heteroatoms. The highest BCUT2D eigenvalue weighted by atomic mass is 32.1. The smallest absolute Gasteiger partial charge is 0.132 e. The molecule has 1 aromatic carbocycles. The fourth-order valence-corrected chi connectivity index (χ4v) is 2.45. The number of rotatable bonds is 4. The minimum Gasteiger partial charge on any atom is -0.308 e. The zero-order chi connectivity index (χ0) is 11.7. The number of nitrogens with one attached hydrogen (secondary N) is 1. The first-order valence-electron chi connectivity index (χ1n) is 5.75. The highest BCUT2D eigenvalue weighted by Gasteiger charge is 2.20. The minimum atomic E-state index is -0.209. The Hall–Kier alpha value is -1.26. The van der Waals surface area contributed by atoms with Gasteiger partial charge in [-0.3, -0.25) is 0 Å². The maximum atomic E-state index is 13.6. The largest absolute Gasteiger partial charge is 0.308 e. The topological polar surface area (TPSA) is 24.9 Å². The third kappa shape index (κ3) is 2.53. The summed E-state index contributed by atoms with van der Waals surface area (Å²) >= 11 is 1.58. The van der Waals surface area contributed by atoms with Crippen LogP contribution in [-0.2, 0) is 6.54 Å². The van der Waals surface area contributed by atoms with Gasteiger partial charge in [-0.1, -0.05) is 12.1 Å². The predicted molar refractivity (Wildman–Crippen MR) is 67.4 cm³/mol. The fraction of sp³-hybridized carbons (Fsp3) is 0.308. The molecular formula is C13H13FN2S. The Kier molecular flexibility index (Phi) is 2.91. The third-order valence-electron chi connectivity index (χ3n) is 2.82. The molecule has 0 aliphatic heterocycles. The van der Waals surface area contributed by atoms with E-state index >= 15 is 0 Å². The van der Waals surface area contributed by atoms with Gasteiger partial charge in [-0.25, -0.2) is 9.37 Å². The van der Waals surface area contributed by atoms with Gasteiger partial charge in [0.05, 0.1) is 5.69 Å². The first-order chi connectivity index (χ1) is 8.33. The van der Waals surface area contributed by atoms with E-state index in [1.165, 1.54) is 18.9 Å². The van der Waals surface area contributed by atoms with E-state index in [1.807, 2.05) is 11.4 Å². The molecule has 3 rings (SSSR count). The number of halogens is 1. The number of hydrogen-bond acceptors (Lipinski definition) is 3. The van der Waals surface area contributed by atoms with Crippen LogP contribution in [0, 0.1) is 5.82 Å². The van der Waals surface area contributed by atoms with Crippen LogP contribution in [0.25, 0.3) is 11.3 Å². The zero-order valence-corrected chi connectivity index (χ0v) is 10.1. The predicted octanol–water partition coefficient (Wildman–Crippen LogP) is 3.20. The highest BCUT2D eigenvalue weighted by Crippen LogP contribution is 2.25. The molecule has 0 amide bonds. The monoisotopic (exact) mass is 248 g/mol. The molecule has 17 heavy (non-hydrogen) atoms. The Morgan fingerprint density at radius 2 is 2.18 bits per heavy atom. The number of benzene rings is 1. The lowest BCUT2D eigenvalue weighted by molar-refractivity contribution is 0.630. The molecule has 1 fully saturated rings. The van der Waals surface area contributed by atoms with E-state index in [-0.39, 0.29) is 5.82 Å². The van der Waals surface area contributed by atoms with Gasteiger partial charge in [-0.2, -0.15) is 0 Å². The van der Waals surface area contributed by atoms with Crippen LogP contribution >= 0.6 is 11.3 Å². The van der Waals surface area contributed by atoms with E-state index in [2.05, 4.69) is 10.3 Å². The van der Waals surface area contributed by atoms with Gasteiger partial charge in [-0.05, 0) is 25.0 Å². The van der Waals surface area contributed by atoms with Crippen molar-refractivity contribution in [3.8, 4) is 11.3 Å². The maximum absolute atomic E-state index is 13.6. The summed E-state index contributed by atoms with van der Waals surface area (Å²) in [5, 5.41) is 6.35. The van der Waals surface area contributed by atoms with Crippen LogP contribution in [0.4, 0.5) is 4.39 Å². The quantitative estimate of drug-likeness (QED) is 0.898. The van der Waals surface area contributed by atoms with Crippen LogP contribution in [0.2, 0.25) is 0 Å².